The van der Waals surface area contributed by atoms with Crippen molar-refractivity contribution in [3.05, 3.63) is 65.7 Å². The molecule has 3 aromatic rings. The Balaban J connectivity index is 1.84. The number of hydrogen-bond acceptors (Lipinski definition) is 3. The topological polar surface area (TPSA) is 70.5 Å². The Morgan fingerprint density at radius 3 is 2.50 bits per heavy atom. The number of pyridine rings is 1. The summed E-state index contributed by atoms with van der Waals surface area (Å²) >= 11 is 0. The molecule has 1 fully saturated rings. The van der Waals surface area contributed by atoms with Crippen LogP contribution in [-0.4, -0.2) is 39.5 Å². The molecule has 5 nitrogen and oxygen atoms in total. The van der Waals surface area contributed by atoms with E-state index in [-0.39, 0.29) is 5.91 Å². The van der Waals surface area contributed by atoms with E-state index in [0.717, 1.165) is 22.0 Å². The van der Waals surface area contributed by atoms with Crippen LogP contribution in [0.25, 0.3) is 22.2 Å². The lowest BCUT2D eigenvalue weighted by Crippen LogP contribution is -2.55. The lowest BCUT2D eigenvalue weighted by molar-refractivity contribution is -0.146. The first-order valence-electron chi connectivity index (χ1n) is 8.55. The van der Waals surface area contributed by atoms with Crippen molar-refractivity contribution >= 4 is 22.8 Å². The van der Waals surface area contributed by atoms with Crippen LogP contribution >= 0.6 is 0 Å². The fourth-order valence-corrected chi connectivity index (χ4v) is 3.27. The predicted octanol–water partition coefficient (Wildman–Crippen LogP) is 3.51. The number of para-hydroxylation sites is 1. The number of benzene rings is 2. The molecule has 1 aliphatic rings. The van der Waals surface area contributed by atoms with Gasteiger partial charge in [-0.25, -0.2) is 9.78 Å². The molecule has 0 saturated carbocycles. The molecular weight excluding hydrogens is 328 g/mol. The number of rotatable bonds is 3. The maximum absolute atomic E-state index is 13.0. The van der Waals surface area contributed by atoms with Crippen LogP contribution in [0.4, 0.5) is 0 Å². The second-order valence-corrected chi connectivity index (χ2v) is 6.58. The smallest absolute Gasteiger partial charge is 0.326 e. The second kappa shape index (κ2) is 6.26. The van der Waals surface area contributed by atoms with E-state index in [2.05, 4.69) is 4.98 Å². The van der Waals surface area contributed by atoms with E-state index in [0.29, 0.717) is 24.2 Å². The second-order valence-electron chi connectivity index (χ2n) is 6.58. The molecule has 0 aliphatic carbocycles. The fourth-order valence-electron chi connectivity index (χ4n) is 3.27. The van der Waals surface area contributed by atoms with Crippen LogP contribution in [-0.2, 0) is 4.79 Å². The van der Waals surface area contributed by atoms with E-state index in [1.54, 1.807) is 6.07 Å². The highest BCUT2D eigenvalue weighted by Gasteiger charge is 2.38. The van der Waals surface area contributed by atoms with Gasteiger partial charge in [0.1, 0.15) is 6.04 Å². The van der Waals surface area contributed by atoms with Gasteiger partial charge in [-0.05, 0) is 25.5 Å². The molecule has 0 bridgehead atoms. The fraction of sp³-hybridized carbons (Fsp3) is 0.190. The van der Waals surface area contributed by atoms with Crippen molar-refractivity contribution in [3.63, 3.8) is 0 Å². The molecule has 1 aromatic heterocycles. The van der Waals surface area contributed by atoms with Gasteiger partial charge in [0.05, 0.1) is 16.8 Å². The molecule has 26 heavy (non-hydrogen) atoms. The van der Waals surface area contributed by atoms with E-state index in [9.17, 15) is 14.7 Å². The number of nitrogens with zero attached hydrogens (tertiary/aromatic N) is 2. The zero-order valence-corrected chi connectivity index (χ0v) is 14.3. The van der Waals surface area contributed by atoms with Gasteiger partial charge in [-0.1, -0.05) is 48.0 Å². The number of aryl methyl sites for hydroxylation is 1. The molecule has 2 aromatic carbocycles. The maximum atomic E-state index is 13.0. The number of aromatic nitrogens is 1. The molecule has 5 heteroatoms. The minimum atomic E-state index is -0.957. The summed E-state index contributed by atoms with van der Waals surface area (Å²) in [6.45, 7) is 2.48. The molecule has 4 rings (SSSR count). The first-order chi connectivity index (χ1) is 12.5. The summed E-state index contributed by atoms with van der Waals surface area (Å²) in [4.78, 5) is 30.4. The number of hydrogen-bond donors (Lipinski definition) is 1. The van der Waals surface area contributed by atoms with Crippen molar-refractivity contribution in [3.8, 4) is 11.3 Å². The molecule has 130 valence electrons. The monoisotopic (exact) mass is 346 g/mol. The summed E-state index contributed by atoms with van der Waals surface area (Å²) in [7, 11) is 0. The van der Waals surface area contributed by atoms with Gasteiger partial charge in [0.15, 0.2) is 0 Å². The first kappa shape index (κ1) is 16.3. The Morgan fingerprint density at radius 2 is 1.85 bits per heavy atom. The standard InChI is InChI=1S/C21H18N2O3/c1-13-6-8-14(9-7-13)18-12-16(15-4-2-3-5-17(15)22-18)20(24)23-11-10-19(23)21(25)26/h2-9,12,19H,10-11H2,1H3,(H,25,26). The van der Waals surface area contributed by atoms with E-state index in [1.807, 2.05) is 55.5 Å². The molecule has 0 spiro atoms. The third-order valence-corrected chi connectivity index (χ3v) is 4.86. The number of aliphatic carboxylic acids is 1. The molecular formula is C21H18N2O3. The van der Waals surface area contributed by atoms with Crippen molar-refractivity contribution in [2.45, 2.75) is 19.4 Å². The number of amides is 1. The molecule has 2 heterocycles. The molecule has 1 unspecified atom stereocenters. The Morgan fingerprint density at radius 1 is 1.12 bits per heavy atom. The average Bonchev–Trinajstić information content (AvgIpc) is 2.60. The van der Waals surface area contributed by atoms with E-state index in [1.165, 1.54) is 4.90 Å². The molecule has 1 N–H and O–H groups in total. The van der Waals surface area contributed by atoms with Gasteiger partial charge in [-0.15, -0.1) is 0 Å². The lowest BCUT2D eigenvalue weighted by atomic mass is 9.98. The lowest BCUT2D eigenvalue weighted by Gasteiger charge is -2.38. The first-order valence-corrected chi connectivity index (χ1v) is 8.55. The summed E-state index contributed by atoms with van der Waals surface area (Å²) in [6.07, 6.45) is 0.495. The Labute approximate surface area is 150 Å². The van der Waals surface area contributed by atoms with Gasteiger partial charge in [-0.2, -0.15) is 0 Å². The van der Waals surface area contributed by atoms with Crippen LogP contribution in [0, 0.1) is 6.92 Å². The highest BCUT2D eigenvalue weighted by Crippen LogP contribution is 2.28. The Hall–Kier alpha value is -3.21. The third-order valence-electron chi connectivity index (χ3n) is 4.86. The summed E-state index contributed by atoms with van der Waals surface area (Å²) in [5, 5.41) is 10.0. The van der Waals surface area contributed by atoms with Crippen LogP contribution in [0.1, 0.15) is 22.3 Å². The van der Waals surface area contributed by atoms with Crippen molar-refractivity contribution in [2.75, 3.05) is 6.54 Å². The quantitative estimate of drug-likeness (QED) is 0.788. The van der Waals surface area contributed by atoms with Gasteiger partial charge < -0.3 is 10.0 Å². The zero-order valence-electron chi connectivity index (χ0n) is 14.3. The summed E-state index contributed by atoms with van der Waals surface area (Å²) < 4.78 is 0. The molecule has 1 saturated heterocycles. The van der Waals surface area contributed by atoms with Gasteiger partial charge >= 0.3 is 5.97 Å². The van der Waals surface area contributed by atoms with E-state index < -0.39 is 12.0 Å². The Kier molecular flexibility index (Phi) is 3.92. The Bertz CT molecular complexity index is 1010. The molecule has 1 aliphatic heterocycles. The van der Waals surface area contributed by atoms with Crippen molar-refractivity contribution in [2.24, 2.45) is 0 Å². The third kappa shape index (κ3) is 2.71. The summed E-state index contributed by atoms with van der Waals surface area (Å²) in [5.74, 6) is -1.21. The normalized spacial score (nSPS) is 16.3. The summed E-state index contributed by atoms with van der Waals surface area (Å²) in [5.41, 5.74) is 4.00. The number of likely N-dealkylation sites (tertiary alicyclic amines) is 1. The maximum Gasteiger partial charge on any atom is 0.326 e. The van der Waals surface area contributed by atoms with Gasteiger partial charge in [0, 0.05) is 17.5 Å². The van der Waals surface area contributed by atoms with Gasteiger partial charge in [-0.3, -0.25) is 4.79 Å². The predicted molar refractivity (Wildman–Crippen MR) is 99.0 cm³/mol. The average molecular weight is 346 g/mol. The SMILES string of the molecule is Cc1ccc(-c2cc(C(=O)N3CCC3C(=O)O)c3ccccc3n2)cc1. The van der Waals surface area contributed by atoms with Crippen LogP contribution in [0.3, 0.4) is 0 Å². The van der Waals surface area contributed by atoms with Crippen LogP contribution in [0.15, 0.2) is 54.6 Å². The van der Waals surface area contributed by atoms with E-state index in [4.69, 9.17) is 0 Å². The van der Waals surface area contributed by atoms with Gasteiger partial charge in [0.2, 0.25) is 0 Å². The van der Waals surface area contributed by atoms with Gasteiger partial charge in [0.25, 0.3) is 5.91 Å². The molecule has 0 radical (unpaired) electrons. The highest BCUT2D eigenvalue weighted by molar-refractivity contribution is 6.08. The minimum Gasteiger partial charge on any atom is -0.480 e. The van der Waals surface area contributed by atoms with E-state index >= 15 is 0 Å². The van der Waals surface area contributed by atoms with Crippen molar-refractivity contribution < 1.29 is 14.7 Å². The minimum absolute atomic E-state index is 0.254. The van der Waals surface area contributed by atoms with Crippen LogP contribution in [0.5, 0.6) is 0 Å². The highest BCUT2D eigenvalue weighted by atomic mass is 16.4. The zero-order chi connectivity index (χ0) is 18.3. The largest absolute Gasteiger partial charge is 0.480 e. The number of carbonyl (C=O) groups excluding carboxylic acids is 1. The molecule has 1 atom stereocenters. The molecule has 1 amide bonds. The van der Waals surface area contributed by atoms with Crippen molar-refractivity contribution in [1.29, 1.82) is 0 Å². The number of carboxylic acid groups (broad SMARTS) is 1. The van der Waals surface area contributed by atoms with Crippen LogP contribution in [0.2, 0.25) is 0 Å². The van der Waals surface area contributed by atoms with Crippen LogP contribution < -0.4 is 0 Å². The number of carbonyl (C=O) groups is 2. The number of fused-ring (bicyclic) bond motifs is 1. The van der Waals surface area contributed by atoms with Crippen molar-refractivity contribution in [1.82, 2.24) is 9.88 Å². The number of carboxylic acids is 1. The summed E-state index contributed by atoms with van der Waals surface area (Å²) in [6, 6.07) is 16.5.